The smallest absolute Gasteiger partial charge is 0.249 e. The first-order valence-electron chi connectivity index (χ1n) is 10.2. The number of hydrogen-bond acceptors (Lipinski definition) is 4. The molecule has 2 aromatic carbocycles. The molecule has 0 unspecified atom stereocenters. The molecule has 5 nitrogen and oxygen atoms in total. The molecule has 3 rings (SSSR count). The molecular weight excluding hydrogens is 419 g/mol. The molecule has 0 N–H and O–H groups in total. The van der Waals surface area contributed by atoms with Gasteiger partial charge in [-0.3, -0.25) is 0 Å². The van der Waals surface area contributed by atoms with Gasteiger partial charge in [0.05, 0.1) is 25.3 Å². The summed E-state index contributed by atoms with van der Waals surface area (Å²) in [4.78, 5) is 0. The zero-order chi connectivity index (χ0) is 22.6. The number of aromatic nitrogens is 2. The molecule has 0 spiro atoms. The highest BCUT2D eigenvalue weighted by molar-refractivity contribution is 6.32. The summed E-state index contributed by atoms with van der Waals surface area (Å²) in [5.41, 5.74) is 1.94. The number of rotatable bonds is 8. The van der Waals surface area contributed by atoms with E-state index in [2.05, 4.69) is 25.9 Å². The molecule has 0 atom stereocenters. The zero-order valence-electron chi connectivity index (χ0n) is 18.5. The van der Waals surface area contributed by atoms with Gasteiger partial charge in [0.15, 0.2) is 0 Å². The summed E-state index contributed by atoms with van der Waals surface area (Å²) < 4.78 is 33.1. The monoisotopic (exact) mass is 446 g/mol. The van der Waals surface area contributed by atoms with Gasteiger partial charge in [-0.05, 0) is 42.2 Å². The van der Waals surface area contributed by atoms with Crippen molar-refractivity contribution in [1.82, 2.24) is 9.78 Å². The molecule has 7 heteroatoms. The lowest BCUT2D eigenvalue weighted by Gasteiger charge is -2.20. The minimum atomic E-state index is -0.511. The van der Waals surface area contributed by atoms with Gasteiger partial charge >= 0.3 is 0 Å². The standard InChI is InChI=1S/C24H28ClFN2O3/c1-6-30-23-21(26)22(16-8-7-9-18(14-16)29-5)27-28(23)12-13-31-20-11-10-17(15-19(20)25)24(2,3)4/h7-11,14-15H,6,12-13H2,1-5H3. The number of halogens is 2. The second-order valence-corrected chi connectivity index (χ2v) is 8.51. The first kappa shape index (κ1) is 22.9. The van der Waals surface area contributed by atoms with Gasteiger partial charge in [0.1, 0.15) is 23.8 Å². The molecule has 31 heavy (non-hydrogen) atoms. The number of benzene rings is 2. The molecule has 166 valence electrons. The summed E-state index contributed by atoms with van der Waals surface area (Å²) in [7, 11) is 1.57. The average Bonchev–Trinajstić information content (AvgIpc) is 3.04. The molecule has 1 aromatic heterocycles. The predicted octanol–water partition coefficient (Wildman–Crippen LogP) is 6.13. The van der Waals surface area contributed by atoms with Crippen LogP contribution in [0.25, 0.3) is 11.3 Å². The van der Waals surface area contributed by atoms with Crippen molar-refractivity contribution in [2.75, 3.05) is 20.3 Å². The number of methoxy groups -OCH3 is 1. The Hall–Kier alpha value is -2.73. The van der Waals surface area contributed by atoms with Crippen LogP contribution in [0, 0.1) is 5.82 Å². The summed E-state index contributed by atoms with van der Waals surface area (Å²) in [6.45, 7) is 9.05. The fourth-order valence-corrected chi connectivity index (χ4v) is 3.37. The molecule has 0 fully saturated rings. The summed E-state index contributed by atoms with van der Waals surface area (Å²) in [5.74, 6) is 0.773. The lowest BCUT2D eigenvalue weighted by atomic mass is 9.87. The van der Waals surface area contributed by atoms with E-state index in [9.17, 15) is 0 Å². The topological polar surface area (TPSA) is 45.5 Å². The van der Waals surface area contributed by atoms with Crippen LogP contribution >= 0.6 is 11.6 Å². The van der Waals surface area contributed by atoms with Gasteiger partial charge in [-0.15, -0.1) is 0 Å². The van der Waals surface area contributed by atoms with E-state index in [1.807, 2.05) is 18.2 Å². The van der Waals surface area contributed by atoms with Crippen molar-refractivity contribution in [2.24, 2.45) is 0 Å². The van der Waals surface area contributed by atoms with E-state index in [1.165, 1.54) is 4.68 Å². The zero-order valence-corrected chi connectivity index (χ0v) is 19.3. The van der Waals surface area contributed by atoms with Crippen LogP contribution in [0.1, 0.15) is 33.3 Å². The van der Waals surface area contributed by atoms with Crippen molar-refractivity contribution < 1.29 is 18.6 Å². The van der Waals surface area contributed by atoms with Crippen molar-refractivity contribution in [3.8, 4) is 28.6 Å². The maximum Gasteiger partial charge on any atom is 0.249 e. The Bertz CT molecular complexity index is 1040. The Morgan fingerprint density at radius 2 is 1.87 bits per heavy atom. The second-order valence-electron chi connectivity index (χ2n) is 8.10. The SMILES string of the molecule is CCOc1c(F)c(-c2cccc(OC)c2)nn1CCOc1ccc(C(C)(C)C)cc1Cl. The van der Waals surface area contributed by atoms with E-state index in [-0.39, 0.29) is 23.6 Å². The molecule has 0 amide bonds. The van der Waals surface area contributed by atoms with E-state index in [1.54, 1.807) is 38.3 Å². The highest BCUT2D eigenvalue weighted by Crippen LogP contribution is 2.32. The average molecular weight is 447 g/mol. The Morgan fingerprint density at radius 3 is 2.52 bits per heavy atom. The second kappa shape index (κ2) is 9.60. The van der Waals surface area contributed by atoms with Crippen LogP contribution in [0.3, 0.4) is 0 Å². The van der Waals surface area contributed by atoms with E-state index in [0.29, 0.717) is 35.2 Å². The third kappa shape index (κ3) is 5.31. The summed E-state index contributed by atoms with van der Waals surface area (Å²) in [6.07, 6.45) is 0. The number of nitrogens with zero attached hydrogens (tertiary/aromatic N) is 2. The Morgan fingerprint density at radius 1 is 1.10 bits per heavy atom. The summed E-state index contributed by atoms with van der Waals surface area (Å²) in [6, 6.07) is 12.9. The molecule has 0 bridgehead atoms. The highest BCUT2D eigenvalue weighted by Gasteiger charge is 2.21. The first-order chi connectivity index (χ1) is 14.7. The minimum Gasteiger partial charge on any atom is -0.497 e. The predicted molar refractivity (Wildman–Crippen MR) is 121 cm³/mol. The molecular formula is C24H28ClFN2O3. The van der Waals surface area contributed by atoms with Crippen LogP contribution in [-0.4, -0.2) is 30.1 Å². The van der Waals surface area contributed by atoms with E-state index < -0.39 is 5.82 Å². The Balaban J connectivity index is 1.78. The quantitative estimate of drug-likeness (QED) is 0.417. The van der Waals surface area contributed by atoms with Crippen LogP contribution in [0.5, 0.6) is 17.4 Å². The van der Waals surface area contributed by atoms with Crippen molar-refractivity contribution in [2.45, 2.75) is 39.7 Å². The van der Waals surface area contributed by atoms with Crippen molar-refractivity contribution in [3.05, 3.63) is 58.9 Å². The third-order valence-corrected chi connectivity index (χ3v) is 5.13. The van der Waals surface area contributed by atoms with Crippen molar-refractivity contribution >= 4 is 11.6 Å². The van der Waals surface area contributed by atoms with E-state index >= 15 is 4.39 Å². The van der Waals surface area contributed by atoms with E-state index in [0.717, 1.165) is 5.56 Å². The van der Waals surface area contributed by atoms with Crippen molar-refractivity contribution in [1.29, 1.82) is 0 Å². The minimum absolute atomic E-state index is 0.00231. The Labute approximate surface area is 187 Å². The van der Waals surface area contributed by atoms with Gasteiger partial charge in [-0.25, -0.2) is 4.68 Å². The molecule has 0 saturated heterocycles. The van der Waals surface area contributed by atoms with Crippen LogP contribution in [0.2, 0.25) is 5.02 Å². The third-order valence-electron chi connectivity index (χ3n) is 4.83. The number of ether oxygens (including phenoxy) is 3. The largest absolute Gasteiger partial charge is 0.497 e. The van der Waals surface area contributed by atoms with Gasteiger partial charge in [0.2, 0.25) is 11.7 Å². The van der Waals surface area contributed by atoms with Crippen LogP contribution in [-0.2, 0) is 12.0 Å². The maximum atomic E-state index is 15.1. The van der Waals surface area contributed by atoms with Gasteiger partial charge in [0, 0.05) is 5.56 Å². The molecule has 0 aliphatic carbocycles. The van der Waals surface area contributed by atoms with Crippen molar-refractivity contribution in [3.63, 3.8) is 0 Å². The van der Waals surface area contributed by atoms with Crippen LogP contribution in [0.4, 0.5) is 4.39 Å². The van der Waals surface area contributed by atoms with E-state index in [4.69, 9.17) is 25.8 Å². The lowest BCUT2D eigenvalue weighted by Crippen LogP contribution is -2.13. The summed E-state index contributed by atoms with van der Waals surface area (Å²) in [5, 5.41) is 4.96. The highest BCUT2D eigenvalue weighted by atomic mass is 35.5. The fraction of sp³-hybridized carbons (Fsp3) is 0.375. The molecule has 0 aliphatic heterocycles. The fourth-order valence-electron chi connectivity index (χ4n) is 3.13. The van der Waals surface area contributed by atoms with Gasteiger partial charge in [-0.1, -0.05) is 50.6 Å². The Kier molecular flexibility index (Phi) is 7.11. The van der Waals surface area contributed by atoms with Gasteiger partial charge in [-0.2, -0.15) is 9.49 Å². The molecule has 0 saturated carbocycles. The lowest BCUT2D eigenvalue weighted by molar-refractivity contribution is 0.253. The number of hydrogen-bond donors (Lipinski definition) is 0. The van der Waals surface area contributed by atoms with Crippen LogP contribution < -0.4 is 14.2 Å². The van der Waals surface area contributed by atoms with Gasteiger partial charge in [0.25, 0.3) is 0 Å². The molecule has 1 heterocycles. The summed E-state index contributed by atoms with van der Waals surface area (Å²) >= 11 is 6.39. The first-order valence-corrected chi connectivity index (χ1v) is 10.6. The molecule has 0 radical (unpaired) electrons. The van der Waals surface area contributed by atoms with Gasteiger partial charge < -0.3 is 14.2 Å². The molecule has 0 aliphatic rings. The van der Waals surface area contributed by atoms with Crippen LogP contribution in [0.15, 0.2) is 42.5 Å². The maximum absolute atomic E-state index is 15.1. The normalized spacial score (nSPS) is 11.5. The molecule has 3 aromatic rings.